The third kappa shape index (κ3) is 2.56. The first-order valence-corrected chi connectivity index (χ1v) is 4.26. The fourth-order valence-corrected chi connectivity index (χ4v) is 1.10. The van der Waals surface area contributed by atoms with Crippen molar-refractivity contribution < 1.29 is 9.47 Å². The van der Waals surface area contributed by atoms with Gasteiger partial charge in [-0.15, -0.1) is 0 Å². The van der Waals surface area contributed by atoms with Crippen molar-refractivity contribution in [2.24, 2.45) is 0 Å². The van der Waals surface area contributed by atoms with Crippen LogP contribution in [0.4, 0.5) is 0 Å². The van der Waals surface area contributed by atoms with Crippen molar-refractivity contribution in [3.63, 3.8) is 0 Å². The smallest absolute Gasteiger partial charge is 0.319 e. The van der Waals surface area contributed by atoms with Crippen LogP contribution in [-0.4, -0.2) is 43.2 Å². The molecule has 0 atom stereocenters. The highest BCUT2D eigenvalue weighted by Crippen LogP contribution is 2.17. The third-order valence-corrected chi connectivity index (χ3v) is 1.67. The zero-order valence-corrected chi connectivity index (χ0v) is 8.94. The predicted molar refractivity (Wildman–Crippen MR) is 52.5 cm³/mol. The molecule has 0 aliphatic heterocycles. The molecule has 0 saturated carbocycles. The molecule has 0 aliphatic carbocycles. The van der Waals surface area contributed by atoms with Gasteiger partial charge in [-0.05, 0) is 14.1 Å². The molecular weight excluding hydrogens is 182 g/mol. The van der Waals surface area contributed by atoms with Gasteiger partial charge >= 0.3 is 6.01 Å². The zero-order chi connectivity index (χ0) is 10.6. The number of ether oxygens (including phenoxy) is 2. The van der Waals surface area contributed by atoms with Crippen molar-refractivity contribution in [1.82, 2.24) is 14.9 Å². The van der Waals surface area contributed by atoms with E-state index in [0.29, 0.717) is 11.9 Å². The molecule has 0 amide bonds. The van der Waals surface area contributed by atoms with E-state index in [1.165, 1.54) is 7.11 Å². The van der Waals surface area contributed by atoms with E-state index in [2.05, 4.69) is 9.97 Å². The summed E-state index contributed by atoms with van der Waals surface area (Å²) in [5.74, 6) is 0.561. The first kappa shape index (κ1) is 10.7. The van der Waals surface area contributed by atoms with E-state index in [4.69, 9.17) is 9.47 Å². The summed E-state index contributed by atoms with van der Waals surface area (Å²) in [5.41, 5.74) is 0.943. The quantitative estimate of drug-likeness (QED) is 0.705. The summed E-state index contributed by atoms with van der Waals surface area (Å²) in [4.78, 5) is 10.1. The molecule has 14 heavy (non-hydrogen) atoms. The maximum atomic E-state index is 5.13. The average Bonchev–Trinajstić information content (AvgIpc) is 2.17. The Morgan fingerprint density at radius 1 is 1.29 bits per heavy atom. The lowest BCUT2D eigenvalue weighted by atomic mass is 10.3. The summed E-state index contributed by atoms with van der Waals surface area (Å²) in [7, 11) is 7.06. The van der Waals surface area contributed by atoms with Gasteiger partial charge in [0, 0.05) is 18.3 Å². The van der Waals surface area contributed by atoms with Crippen molar-refractivity contribution in [3.05, 3.63) is 11.8 Å². The summed E-state index contributed by atoms with van der Waals surface area (Å²) >= 11 is 0. The molecule has 0 spiro atoms. The highest BCUT2D eigenvalue weighted by molar-refractivity contribution is 5.24. The minimum absolute atomic E-state index is 0.323. The lowest BCUT2D eigenvalue weighted by molar-refractivity contribution is 0.335. The van der Waals surface area contributed by atoms with Crippen LogP contribution >= 0.6 is 0 Å². The fraction of sp³-hybridized carbons (Fsp3) is 0.556. The molecule has 0 N–H and O–H groups in total. The Labute approximate surface area is 83.7 Å². The summed E-state index contributed by atoms with van der Waals surface area (Å²) < 4.78 is 10.0. The van der Waals surface area contributed by atoms with Crippen LogP contribution in [0.1, 0.15) is 5.56 Å². The Balaban J connectivity index is 2.93. The molecule has 0 fully saturated rings. The number of aromatic nitrogens is 2. The summed E-state index contributed by atoms with van der Waals surface area (Å²) in [6.45, 7) is 0.743. The molecule has 0 aromatic carbocycles. The lowest BCUT2D eigenvalue weighted by Gasteiger charge is -2.12. The van der Waals surface area contributed by atoms with Gasteiger partial charge in [-0.3, -0.25) is 0 Å². The van der Waals surface area contributed by atoms with Crippen LogP contribution in [0.5, 0.6) is 11.9 Å². The van der Waals surface area contributed by atoms with Gasteiger partial charge in [0.25, 0.3) is 0 Å². The molecule has 0 saturated heterocycles. The number of hydrogen-bond donors (Lipinski definition) is 0. The maximum absolute atomic E-state index is 5.13. The zero-order valence-electron chi connectivity index (χ0n) is 8.94. The van der Waals surface area contributed by atoms with Gasteiger partial charge in [-0.25, -0.2) is 4.98 Å². The Kier molecular flexibility index (Phi) is 3.64. The van der Waals surface area contributed by atoms with Crippen LogP contribution in [-0.2, 0) is 6.54 Å². The third-order valence-electron chi connectivity index (χ3n) is 1.67. The van der Waals surface area contributed by atoms with Gasteiger partial charge in [0.15, 0.2) is 0 Å². The van der Waals surface area contributed by atoms with Crippen LogP contribution in [0.2, 0.25) is 0 Å². The average molecular weight is 197 g/mol. The Morgan fingerprint density at radius 2 is 2.00 bits per heavy atom. The molecule has 0 aliphatic rings. The topological polar surface area (TPSA) is 47.5 Å². The van der Waals surface area contributed by atoms with Gasteiger partial charge in [0.2, 0.25) is 5.88 Å². The first-order valence-electron chi connectivity index (χ1n) is 4.26. The van der Waals surface area contributed by atoms with Gasteiger partial charge in [0.05, 0.1) is 14.2 Å². The van der Waals surface area contributed by atoms with Crippen LogP contribution in [0.3, 0.4) is 0 Å². The van der Waals surface area contributed by atoms with Crippen molar-refractivity contribution >= 4 is 0 Å². The van der Waals surface area contributed by atoms with Crippen molar-refractivity contribution in [2.45, 2.75) is 6.54 Å². The van der Waals surface area contributed by atoms with Gasteiger partial charge < -0.3 is 14.4 Å². The van der Waals surface area contributed by atoms with Crippen LogP contribution < -0.4 is 9.47 Å². The van der Waals surface area contributed by atoms with E-state index < -0.39 is 0 Å². The van der Waals surface area contributed by atoms with E-state index in [1.54, 1.807) is 13.3 Å². The summed E-state index contributed by atoms with van der Waals surface area (Å²) in [6.07, 6.45) is 1.71. The summed E-state index contributed by atoms with van der Waals surface area (Å²) in [5, 5.41) is 0. The van der Waals surface area contributed by atoms with E-state index in [1.807, 2.05) is 19.0 Å². The molecule has 5 heteroatoms. The van der Waals surface area contributed by atoms with E-state index in [-0.39, 0.29) is 0 Å². The van der Waals surface area contributed by atoms with Crippen LogP contribution in [0, 0.1) is 0 Å². The first-order chi connectivity index (χ1) is 6.67. The molecule has 0 unspecified atom stereocenters. The number of hydrogen-bond acceptors (Lipinski definition) is 5. The molecule has 1 rings (SSSR count). The molecule has 1 aromatic heterocycles. The van der Waals surface area contributed by atoms with Gasteiger partial charge in [-0.1, -0.05) is 0 Å². The fourth-order valence-electron chi connectivity index (χ4n) is 1.10. The number of rotatable bonds is 4. The minimum Gasteiger partial charge on any atom is -0.481 e. The predicted octanol–water partition coefficient (Wildman–Crippen LogP) is 0.555. The Morgan fingerprint density at radius 3 is 2.50 bits per heavy atom. The second kappa shape index (κ2) is 4.76. The Hall–Kier alpha value is -1.36. The molecular formula is C9H15N3O2. The van der Waals surface area contributed by atoms with E-state index in [0.717, 1.165) is 12.1 Å². The van der Waals surface area contributed by atoms with Crippen molar-refractivity contribution in [1.29, 1.82) is 0 Å². The SMILES string of the molecule is COc1ncc(CN(C)C)c(OC)n1. The van der Waals surface area contributed by atoms with Crippen molar-refractivity contribution in [3.8, 4) is 11.9 Å². The van der Waals surface area contributed by atoms with E-state index >= 15 is 0 Å². The highest BCUT2D eigenvalue weighted by Gasteiger charge is 2.08. The minimum atomic E-state index is 0.323. The van der Waals surface area contributed by atoms with Crippen LogP contribution in [0.15, 0.2) is 6.20 Å². The van der Waals surface area contributed by atoms with Crippen molar-refractivity contribution in [2.75, 3.05) is 28.3 Å². The van der Waals surface area contributed by atoms with Gasteiger partial charge in [0.1, 0.15) is 0 Å². The molecule has 1 aromatic rings. The van der Waals surface area contributed by atoms with E-state index in [9.17, 15) is 0 Å². The number of methoxy groups -OCH3 is 2. The molecule has 0 bridgehead atoms. The Bertz CT molecular complexity index is 302. The second-order valence-electron chi connectivity index (χ2n) is 3.13. The standard InChI is InChI=1S/C9H15N3O2/c1-12(2)6-7-5-10-9(14-4)11-8(7)13-3/h5H,6H2,1-4H3. The normalized spacial score (nSPS) is 10.4. The second-order valence-corrected chi connectivity index (χ2v) is 3.13. The highest BCUT2D eigenvalue weighted by atomic mass is 16.5. The lowest BCUT2D eigenvalue weighted by Crippen LogP contribution is -2.12. The molecule has 0 radical (unpaired) electrons. The van der Waals surface area contributed by atoms with Crippen LogP contribution in [0.25, 0.3) is 0 Å². The largest absolute Gasteiger partial charge is 0.481 e. The monoisotopic (exact) mass is 197 g/mol. The molecule has 1 heterocycles. The molecule has 5 nitrogen and oxygen atoms in total. The summed E-state index contributed by atoms with van der Waals surface area (Å²) in [6, 6.07) is 0.323. The van der Waals surface area contributed by atoms with Gasteiger partial charge in [-0.2, -0.15) is 4.98 Å². The molecule has 78 valence electrons. The number of nitrogens with zero attached hydrogens (tertiary/aromatic N) is 3. The maximum Gasteiger partial charge on any atom is 0.319 e.